The highest BCUT2D eigenvalue weighted by molar-refractivity contribution is 5.93. The lowest BCUT2D eigenvalue weighted by molar-refractivity contribution is -0.120. The Bertz CT molecular complexity index is 550. The second-order valence-electron chi connectivity index (χ2n) is 4.79. The molecule has 1 aromatic carbocycles. The summed E-state index contributed by atoms with van der Waals surface area (Å²) in [6.45, 7) is 0. The van der Waals surface area contributed by atoms with Gasteiger partial charge in [-0.3, -0.25) is 10.1 Å². The van der Waals surface area contributed by atoms with Crippen molar-refractivity contribution < 1.29 is 4.79 Å². The summed E-state index contributed by atoms with van der Waals surface area (Å²) in [7, 11) is 0. The number of nitrogens with zero attached hydrogens (tertiary/aromatic N) is 1. The molecule has 1 amide bonds. The average molecular weight is 281 g/mol. The highest BCUT2D eigenvalue weighted by atomic mass is 35.5. The maximum atomic E-state index is 12.1. The van der Waals surface area contributed by atoms with Gasteiger partial charge in [0.05, 0.1) is 17.0 Å². The molecule has 1 saturated carbocycles. The lowest BCUT2D eigenvalue weighted by Gasteiger charge is -2.13. The normalized spacial score (nSPS) is 22.2. The van der Waals surface area contributed by atoms with Crippen LogP contribution in [0.3, 0.4) is 0 Å². The number of H-pyrrole nitrogens is 1. The molecule has 0 bridgehead atoms. The van der Waals surface area contributed by atoms with E-state index in [1.165, 1.54) is 0 Å². The molecule has 1 aromatic heterocycles. The van der Waals surface area contributed by atoms with E-state index in [2.05, 4.69) is 15.3 Å². The number of imidazole rings is 1. The molecule has 0 spiro atoms. The molecule has 5 nitrogen and oxygen atoms in total. The van der Waals surface area contributed by atoms with Crippen molar-refractivity contribution in [3.8, 4) is 0 Å². The van der Waals surface area contributed by atoms with Gasteiger partial charge in [0.15, 0.2) is 0 Å². The topological polar surface area (TPSA) is 83.8 Å². The lowest BCUT2D eigenvalue weighted by atomic mass is 10.0. The van der Waals surface area contributed by atoms with Crippen LogP contribution in [0.15, 0.2) is 24.3 Å². The minimum absolute atomic E-state index is 0. The molecule has 2 aromatic rings. The van der Waals surface area contributed by atoms with E-state index in [9.17, 15) is 4.79 Å². The molecular formula is C13H17ClN4O. The highest BCUT2D eigenvalue weighted by Crippen LogP contribution is 2.25. The Morgan fingerprint density at radius 1 is 1.37 bits per heavy atom. The Labute approximate surface area is 117 Å². The predicted molar refractivity (Wildman–Crippen MR) is 77.3 cm³/mol. The quantitative estimate of drug-likeness (QED) is 0.787. The summed E-state index contributed by atoms with van der Waals surface area (Å²) in [5.41, 5.74) is 7.69. The summed E-state index contributed by atoms with van der Waals surface area (Å²) in [6.07, 6.45) is 2.82. The van der Waals surface area contributed by atoms with Crippen molar-refractivity contribution in [2.24, 2.45) is 11.7 Å². The zero-order valence-electron chi connectivity index (χ0n) is 10.4. The van der Waals surface area contributed by atoms with Gasteiger partial charge in [0, 0.05) is 6.04 Å². The number of carbonyl (C=O) groups is 1. The summed E-state index contributed by atoms with van der Waals surface area (Å²) in [4.78, 5) is 19.5. The van der Waals surface area contributed by atoms with Gasteiger partial charge < -0.3 is 10.7 Å². The van der Waals surface area contributed by atoms with Gasteiger partial charge in [-0.2, -0.15) is 0 Å². The number of para-hydroxylation sites is 2. The monoisotopic (exact) mass is 280 g/mol. The summed E-state index contributed by atoms with van der Waals surface area (Å²) in [5.74, 6) is 0.387. The van der Waals surface area contributed by atoms with E-state index in [-0.39, 0.29) is 30.3 Å². The van der Waals surface area contributed by atoms with Gasteiger partial charge in [-0.15, -0.1) is 12.4 Å². The van der Waals surface area contributed by atoms with Crippen molar-refractivity contribution in [3.05, 3.63) is 24.3 Å². The Morgan fingerprint density at radius 2 is 2.16 bits per heavy atom. The SMILES string of the molecule is Cl.NC1CCCC1C(=O)Nc1nc2ccccc2[nH]1. The third-order valence-electron chi connectivity index (χ3n) is 3.54. The van der Waals surface area contributed by atoms with Gasteiger partial charge in [0.1, 0.15) is 0 Å². The van der Waals surface area contributed by atoms with Crippen molar-refractivity contribution >= 4 is 35.3 Å². The molecule has 6 heteroatoms. The van der Waals surface area contributed by atoms with E-state index in [0.717, 1.165) is 30.3 Å². The number of hydrogen-bond acceptors (Lipinski definition) is 3. The average Bonchev–Trinajstić information content (AvgIpc) is 2.94. The Balaban J connectivity index is 0.00000133. The second kappa shape index (κ2) is 5.59. The van der Waals surface area contributed by atoms with Gasteiger partial charge >= 0.3 is 0 Å². The minimum atomic E-state index is -0.0850. The van der Waals surface area contributed by atoms with Crippen LogP contribution < -0.4 is 11.1 Å². The standard InChI is InChI=1S/C13H16N4O.ClH/c14-9-5-3-4-8(9)12(18)17-13-15-10-6-1-2-7-11(10)16-13;/h1-2,6-9H,3-5,14H2,(H2,15,16,17,18);1H. The van der Waals surface area contributed by atoms with Crippen LogP contribution in [0.25, 0.3) is 11.0 Å². The number of rotatable bonds is 2. The summed E-state index contributed by atoms with van der Waals surface area (Å²) >= 11 is 0. The molecule has 2 unspecified atom stereocenters. The number of aromatic amines is 1. The van der Waals surface area contributed by atoms with Crippen molar-refractivity contribution in [1.29, 1.82) is 0 Å². The number of nitrogens with one attached hydrogen (secondary N) is 2. The molecule has 1 aliphatic rings. The highest BCUT2D eigenvalue weighted by Gasteiger charge is 2.30. The third kappa shape index (κ3) is 2.72. The zero-order valence-corrected chi connectivity index (χ0v) is 11.2. The van der Waals surface area contributed by atoms with Crippen molar-refractivity contribution in [2.75, 3.05) is 5.32 Å². The molecule has 2 atom stereocenters. The van der Waals surface area contributed by atoms with Gasteiger partial charge in [-0.05, 0) is 25.0 Å². The number of carbonyl (C=O) groups excluding carboxylic acids is 1. The first-order chi connectivity index (χ1) is 8.74. The van der Waals surface area contributed by atoms with Crippen LogP contribution in [-0.2, 0) is 4.79 Å². The first kappa shape index (κ1) is 13.8. The molecule has 102 valence electrons. The molecule has 0 saturated heterocycles. The van der Waals surface area contributed by atoms with Crippen LogP contribution in [0.5, 0.6) is 0 Å². The fourth-order valence-electron chi connectivity index (χ4n) is 2.54. The molecule has 1 heterocycles. The first-order valence-corrected chi connectivity index (χ1v) is 6.25. The maximum absolute atomic E-state index is 12.1. The van der Waals surface area contributed by atoms with E-state index in [0.29, 0.717) is 5.95 Å². The fraction of sp³-hybridized carbons (Fsp3) is 0.385. The van der Waals surface area contributed by atoms with Crippen molar-refractivity contribution in [3.63, 3.8) is 0 Å². The summed E-state index contributed by atoms with van der Waals surface area (Å²) in [5, 5.41) is 2.82. The number of benzene rings is 1. The second-order valence-corrected chi connectivity index (χ2v) is 4.79. The predicted octanol–water partition coefficient (Wildman–Crippen LogP) is 2.05. The molecule has 0 aliphatic heterocycles. The molecule has 0 radical (unpaired) electrons. The number of hydrogen-bond donors (Lipinski definition) is 3. The van der Waals surface area contributed by atoms with E-state index < -0.39 is 0 Å². The number of fused-ring (bicyclic) bond motifs is 1. The van der Waals surface area contributed by atoms with E-state index in [4.69, 9.17) is 5.73 Å². The van der Waals surface area contributed by atoms with Gasteiger partial charge in [-0.25, -0.2) is 4.98 Å². The van der Waals surface area contributed by atoms with E-state index in [1.54, 1.807) is 0 Å². The van der Waals surface area contributed by atoms with Crippen LogP contribution in [0.2, 0.25) is 0 Å². The van der Waals surface area contributed by atoms with Crippen molar-refractivity contribution in [2.45, 2.75) is 25.3 Å². The smallest absolute Gasteiger partial charge is 0.231 e. The molecule has 19 heavy (non-hydrogen) atoms. The van der Waals surface area contributed by atoms with Gasteiger partial charge in [0.2, 0.25) is 11.9 Å². The largest absolute Gasteiger partial charge is 0.327 e. The van der Waals surface area contributed by atoms with Gasteiger partial charge in [-0.1, -0.05) is 18.6 Å². The molecule has 4 N–H and O–H groups in total. The maximum Gasteiger partial charge on any atom is 0.231 e. The van der Waals surface area contributed by atoms with Crippen LogP contribution in [-0.4, -0.2) is 21.9 Å². The summed E-state index contributed by atoms with van der Waals surface area (Å²) in [6, 6.07) is 7.66. The van der Waals surface area contributed by atoms with Crippen LogP contribution >= 0.6 is 12.4 Å². The number of amides is 1. The van der Waals surface area contributed by atoms with Gasteiger partial charge in [0.25, 0.3) is 0 Å². The Kier molecular flexibility index (Phi) is 4.07. The summed E-state index contributed by atoms with van der Waals surface area (Å²) < 4.78 is 0. The fourth-order valence-corrected chi connectivity index (χ4v) is 2.54. The molecular weight excluding hydrogens is 264 g/mol. The van der Waals surface area contributed by atoms with E-state index >= 15 is 0 Å². The molecule has 3 rings (SSSR count). The Hall–Kier alpha value is -1.59. The molecule has 1 fully saturated rings. The van der Waals surface area contributed by atoms with Crippen LogP contribution in [0, 0.1) is 5.92 Å². The Morgan fingerprint density at radius 3 is 2.84 bits per heavy atom. The van der Waals surface area contributed by atoms with Crippen LogP contribution in [0.1, 0.15) is 19.3 Å². The minimum Gasteiger partial charge on any atom is -0.327 e. The zero-order chi connectivity index (χ0) is 12.5. The third-order valence-corrected chi connectivity index (χ3v) is 3.54. The lowest BCUT2D eigenvalue weighted by Crippen LogP contribution is -2.34. The van der Waals surface area contributed by atoms with E-state index in [1.807, 2.05) is 24.3 Å². The number of nitrogens with two attached hydrogens (primary N) is 1. The first-order valence-electron chi connectivity index (χ1n) is 6.25. The number of anilines is 1. The number of halogens is 1. The van der Waals surface area contributed by atoms with Crippen molar-refractivity contribution in [1.82, 2.24) is 9.97 Å². The van der Waals surface area contributed by atoms with Crippen LogP contribution in [0.4, 0.5) is 5.95 Å². The molecule has 1 aliphatic carbocycles. The number of aromatic nitrogens is 2.